The van der Waals surface area contributed by atoms with Gasteiger partial charge in [-0.2, -0.15) is 0 Å². The molecule has 1 aliphatic rings. The van der Waals surface area contributed by atoms with Crippen LogP contribution in [0.2, 0.25) is 0 Å². The fraction of sp³-hybridized carbons (Fsp3) is 0.571. The number of piperidine rings is 1. The zero-order valence-corrected chi connectivity index (χ0v) is 16.9. The summed E-state index contributed by atoms with van der Waals surface area (Å²) in [6.07, 6.45) is 8.12. The molecule has 1 saturated heterocycles. The lowest BCUT2D eigenvalue weighted by molar-refractivity contribution is -0.152. The first kappa shape index (κ1) is 20.2. The molecule has 0 aliphatic carbocycles. The fourth-order valence-electron chi connectivity index (χ4n) is 3.31. The first-order valence-corrected chi connectivity index (χ1v) is 9.99. The quantitative estimate of drug-likeness (QED) is 0.681. The Balaban J connectivity index is 1.71. The summed E-state index contributed by atoms with van der Waals surface area (Å²) >= 11 is 0. The molecule has 2 aromatic heterocycles. The summed E-state index contributed by atoms with van der Waals surface area (Å²) in [6.45, 7) is 6.10. The number of likely N-dealkylation sites (tertiary alicyclic amines) is 1. The number of rotatable bonds is 7. The highest BCUT2D eigenvalue weighted by Gasteiger charge is 2.39. The third-order valence-corrected chi connectivity index (χ3v) is 5.57. The molecule has 1 amide bonds. The number of hydrogen-bond acceptors (Lipinski definition) is 6. The van der Waals surface area contributed by atoms with E-state index in [0.29, 0.717) is 31.2 Å². The molecule has 0 radical (unpaired) electrons. The molecule has 7 heteroatoms. The van der Waals surface area contributed by atoms with E-state index in [9.17, 15) is 9.59 Å². The van der Waals surface area contributed by atoms with E-state index in [1.165, 1.54) is 0 Å². The second-order valence-corrected chi connectivity index (χ2v) is 7.97. The Kier molecular flexibility index (Phi) is 6.21. The zero-order valence-electron chi connectivity index (χ0n) is 16.9. The van der Waals surface area contributed by atoms with Gasteiger partial charge in [-0.25, -0.2) is 0 Å². The monoisotopic (exact) mass is 384 g/mol. The summed E-state index contributed by atoms with van der Waals surface area (Å²) < 4.78 is 5.87. The molecule has 2 aromatic rings. The van der Waals surface area contributed by atoms with Crippen molar-refractivity contribution in [2.75, 3.05) is 6.54 Å². The fourth-order valence-corrected chi connectivity index (χ4v) is 3.31. The van der Waals surface area contributed by atoms with Crippen molar-refractivity contribution in [3.05, 3.63) is 41.9 Å². The number of aromatic nitrogens is 3. The summed E-state index contributed by atoms with van der Waals surface area (Å²) in [7, 11) is 0. The lowest BCUT2D eigenvalue weighted by atomic mass is 9.84. The number of pyridine rings is 1. The van der Waals surface area contributed by atoms with E-state index in [2.05, 4.69) is 15.2 Å². The Morgan fingerprint density at radius 1 is 1.25 bits per heavy atom. The molecule has 1 unspecified atom stereocenters. The molecule has 1 fully saturated rings. The van der Waals surface area contributed by atoms with Crippen molar-refractivity contribution in [1.29, 1.82) is 0 Å². The van der Waals surface area contributed by atoms with Crippen molar-refractivity contribution in [3.8, 4) is 0 Å². The summed E-state index contributed by atoms with van der Waals surface area (Å²) in [5.74, 6) is 0.179. The third-order valence-electron chi connectivity index (χ3n) is 5.57. The van der Waals surface area contributed by atoms with Crippen LogP contribution in [0.5, 0.6) is 0 Å². The Labute approximate surface area is 165 Å². The van der Waals surface area contributed by atoms with Crippen molar-refractivity contribution < 1.29 is 14.0 Å². The second kappa shape index (κ2) is 8.63. The summed E-state index contributed by atoms with van der Waals surface area (Å²) in [5, 5.41) is 8.34. The topological polar surface area (TPSA) is 89.2 Å². The molecule has 0 spiro atoms. The SMILES string of the molecule is CCC(C)(C)C(=O)C(=O)N1CCCCC1c1nnc(CCc2cccnc2)o1. The van der Waals surface area contributed by atoms with Crippen molar-refractivity contribution in [3.63, 3.8) is 0 Å². The number of hydrogen-bond donors (Lipinski definition) is 0. The van der Waals surface area contributed by atoms with Gasteiger partial charge in [0.25, 0.3) is 5.91 Å². The Morgan fingerprint density at radius 3 is 2.79 bits per heavy atom. The van der Waals surface area contributed by atoms with Gasteiger partial charge >= 0.3 is 0 Å². The number of carbonyl (C=O) groups excluding carboxylic acids is 2. The largest absolute Gasteiger partial charge is 0.423 e. The number of aryl methyl sites for hydroxylation is 2. The number of amides is 1. The number of carbonyl (C=O) groups is 2. The molecule has 0 saturated carbocycles. The van der Waals surface area contributed by atoms with Crippen molar-refractivity contribution in [2.24, 2.45) is 5.41 Å². The second-order valence-electron chi connectivity index (χ2n) is 7.97. The van der Waals surface area contributed by atoms with E-state index >= 15 is 0 Å². The molecular weight excluding hydrogens is 356 g/mol. The van der Waals surface area contributed by atoms with E-state index in [-0.39, 0.29) is 11.8 Å². The first-order valence-electron chi connectivity index (χ1n) is 9.99. The minimum Gasteiger partial charge on any atom is -0.423 e. The van der Waals surface area contributed by atoms with Gasteiger partial charge in [0.1, 0.15) is 6.04 Å². The molecule has 0 aromatic carbocycles. The average molecular weight is 384 g/mol. The molecule has 150 valence electrons. The van der Waals surface area contributed by atoms with Crippen LogP contribution in [-0.4, -0.2) is 38.3 Å². The standard InChI is InChI=1S/C21H28N4O3/c1-4-21(2,3)18(26)20(27)25-13-6-5-9-16(25)19-24-23-17(28-19)11-10-15-8-7-12-22-14-15/h7-8,12,14,16H,4-6,9-11,13H2,1-3H3. The van der Waals surface area contributed by atoms with Crippen LogP contribution in [0.1, 0.15) is 69.8 Å². The van der Waals surface area contributed by atoms with Gasteiger partial charge in [-0.15, -0.1) is 10.2 Å². The van der Waals surface area contributed by atoms with Gasteiger partial charge in [-0.1, -0.05) is 26.8 Å². The number of ketones is 1. The molecule has 1 aliphatic heterocycles. The van der Waals surface area contributed by atoms with Gasteiger partial charge in [0, 0.05) is 30.8 Å². The van der Waals surface area contributed by atoms with Crippen LogP contribution >= 0.6 is 0 Å². The van der Waals surface area contributed by atoms with E-state index in [0.717, 1.165) is 31.2 Å². The van der Waals surface area contributed by atoms with E-state index in [1.807, 2.05) is 39.1 Å². The average Bonchev–Trinajstić information content (AvgIpc) is 3.21. The highest BCUT2D eigenvalue weighted by molar-refractivity contribution is 6.38. The maximum atomic E-state index is 12.9. The van der Waals surface area contributed by atoms with Crippen molar-refractivity contribution in [2.45, 2.75) is 65.3 Å². The van der Waals surface area contributed by atoms with Crippen LogP contribution in [0, 0.1) is 5.41 Å². The molecule has 1 atom stereocenters. The van der Waals surface area contributed by atoms with E-state index in [4.69, 9.17) is 4.42 Å². The number of nitrogens with zero attached hydrogens (tertiary/aromatic N) is 4. The van der Waals surface area contributed by atoms with Gasteiger partial charge < -0.3 is 9.32 Å². The van der Waals surface area contributed by atoms with Gasteiger partial charge in [0.15, 0.2) is 0 Å². The summed E-state index contributed by atoms with van der Waals surface area (Å²) in [5.41, 5.74) is 0.437. The highest BCUT2D eigenvalue weighted by Crippen LogP contribution is 2.32. The van der Waals surface area contributed by atoms with E-state index in [1.54, 1.807) is 11.1 Å². The first-order chi connectivity index (χ1) is 13.4. The maximum Gasteiger partial charge on any atom is 0.291 e. The predicted octanol–water partition coefficient (Wildman–Crippen LogP) is 3.31. The van der Waals surface area contributed by atoms with Crippen LogP contribution in [-0.2, 0) is 22.4 Å². The lowest BCUT2D eigenvalue weighted by Crippen LogP contribution is -2.46. The van der Waals surface area contributed by atoms with Crippen molar-refractivity contribution in [1.82, 2.24) is 20.1 Å². The molecule has 28 heavy (non-hydrogen) atoms. The van der Waals surface area contributed by atoms with Gasteiger partial charge in [-0.3, -0.25) is 14.6 Å². The molecule has 0 bridgehead atoms. The summed E-state index contributed by atoms with van der Waals surface area (Å²) in [4.78, 5) is 31.3. The van der Waals surface area contributed by atoms with Gasteiger partial charge in [-0.05, 0) is 43.7 Å². The minimum atomic E-state index is -0.664. The maximum absolute atomic E-state index is 12.9. The zero-order chi connectivity index (χ0) is 20.1. The lowest BCUT2D eigenvalue weighted by Gasteiger charge is -2.34. The molecular formula is C21H28N4O3. The highest BCUT2D eigenvalue weighted by atomic mass is 16.4. The molecule has 3 heterocycles. The van der Waals surface area contributed by atoms with Gasteiger partial charge in [0.05, 0.1) is 0 Å². The van der Waals surface area contributed by atoms with Crippen LogP contribution in [0.3, 0.4) is 0 Å². The van der Waals surface area contributed by atoms with Gasteiger partial charge in [0.2, 0.25) is 17.6 Å². The summed E-state index contributed by atoms with van der Waals surface area (Å²) in [6, 6.07) is 3.58. The van der Waals surface area contributed by atoms with Crippen LogP contribution in [0.15, 0.2) is 28.9 Å². The molecule has 0 N–H and O–H groups in total. The van der Waals surface area contributed by atoms with E-state index < -0.39 is 11.3 Å². The predicted molar refractivity (Wildman–Crippen MR) is 103 cm³/mol. The van der Waals surface area contributed by atoms with Crippen LogP contribution in [0.25, 0.3) is 0 Å². The molecule has 7 nitrogen and oxygen atoms in total. The van der Waals surface area contributed by atoms with Crippen LogP contribution in [0.4, 0.5) is 0 Å². The molecule has 3 rings (SSSR count). The third kappa shape index (κ3) is 4.46. The number of Topliss-reactive ketones (excluding diaryl/α,β-unsaturated/α-hetero) is 1. The van der Waals surface area contributed by atoms with Crippen molar-refractivity contribution >= 4 is 11.7 Å². The smallest absolute Gasteiger partial charge is 0.291 e. The minimum absolute atomic E-state index is 0.322. The van der Waals surface area contributed by atoms with Crippen LogP contribution < -0.4 is 0 Å². The Bertz CT molecular complexity index is 816. The normalized spacial score (nSPS) is 17.5. The Morgan fingerprint density at radius 2 is 2.07 bits per heavy atom. The Hall–Kier alpha value is -2.57.